The van der Waals surface area contributed by atoms with Crippen molar-refractivity contribution in [1.29, 1.82) is 0 Å². The van der Waals surface area contributed by atoms with E-state index in [2.05, 4.69) is 12.2 Å². The fourth-order valence-corrected chi connectivity index (χ4v) is 3.83. The fourth-order valence-electron chi connectivity index (χ4n) is 3.09. The predicted molar refractivity (Wildman–Crippen MR) is 105 cm³/mol. The molecule has 1 fully saturated rings. The predicted octanol–water partition coefficient (Wildman–Crippen LogP) is 3.88. The average Bonchev–Trinajstić information content (AvgIpc) is 3.14. The number of amides is 2. The first-order valence-electron chi connectivity index (χ1n) is 8.89. The van der Waals surface area contributed by atoms with Crippen LogP contribution in [-0.4, -0.2) is 40.9 Å². The Kier molecular flexibility index (Phi) is 5.60. The minimum Gasteiger partial charge on any atom is -0.477 e. The maximum atomic E-state index is 12.7. The molecule has 3 rings (SSSR count). The van der Waals surface area contributed by atoms with Gasteiger partial charge in [0.15, 0.2) is 0 Å². The lowest BCUT2D eigenvalue weighted by Crippen LogP contribution is -2.37. The molecule has 0 spiro atoms. The van der Waals surface area contributed by atoms with Gasteiger partial charge in [-0.1, -0.05) is 6.92 Å². The normalized spacial score (nSPS) is 14.8. The monoisotopic (exact) mass is 386 g/mol. The molecule has 2 heterocycles. The number of hydrogen-bond acceptors (Lipinski definition) is 4. The van der Waals surface area contributed by atoms with Gasteiger partial charge < -0.3 is 15.3 Å². The molecule has 0 radical (unpaired) electrons. The van der Waals surface area contributed by atoms with Gasteiger partial charge in [0.25, 0.3) is 11.8 Å². The Bertz CT molecular complexity index is 882. The maximum absolute atomic E-state index is 12.7. The number of aryl methyl sites for hydroxylation is 1. The van der Waals surface area contributed by atoms with Gasteiger partial charge in [-0.05, 0) is 61.6 Å². The second kappa shape index (κ2) is 7.92. The van der Waals surface area contributed by atoms with Crippen molar-refractivity contribution in [1.82, 2.24) is 4.90 Å². The molecule has 27 heavy (non-hydrogen) atoms. The van der Waals surface area contributed by atoms with Crippen LogP contribution >= 0.6 is 11.3 Å². The number of piperidine rings is 1. The molecule has 2 N–H and O–H groups in total. The van der Waals surface area contributed by atoms with Crippen LogP contribution in [0.4, 0.5) is 5.69 Å². The molecule has 0 bridgehead atoms. The van der Waals surface area contributed by atoms with Crippen LogP contribution in [0.1, 0.15) is 55.0 Å². The number of hydrogen-bond donors (Lipinski definition) is 2. The van der Waals surface area contributed by atoms with Crippen molar-refractivity contribution in [2.75, 3.05) is 18.4 Å². The van der Waals surface area contributed by atoms with Crippen molar-refractivity contribution in [3.8, 4) is 0 Å². The highest BCUT2D eigenvalue weighted by atomic mass is 32.1. The van der Waals surface area contributed by atoms with E-state index in [1.807, 2.05) is 11.8 Å². The number of carbonyl (C=O) groups is 3. The lowest BCUT2D eigenvalue weighted by molar-refractivity contribution is 0.0690. The zero-order valence-electron chi connectivity index (χ0n) is 15.3. The molecule has 6 nitrogen and oxygen atoms in total. The second-order valence-corrected chi connectivity index (χ2v) is 8.01. The van der Waals surface area contributed by atoms with E-state index in [0.717, 1.165) is 42.8 Å². The first-order chi connectivity index (χ1) is 12.8. The van der Waals surface area contributed by atoms with E-state index in [-0.39, 0.29) is 16.7 Å². The molecule has 0 unspecified atom stereocenters. The molecular formula is C20H22N2O4S. The fraction of sp³-hybridized carbons (Fsp3) is 0.350. The number of aromatic carboxylic acids is 1. The molecule has 1 aromatic heterocycles. The highest BCUT2D eigenvalue weighted by Crippen LogP contribution is 2.23. The third-order valence-electron chi connectivity index (χ3n) is 4.83. The summed E-state index contributed by atoms with van der Waals surface area (Å²) in [7, 11) is 0. The zero-order valence-corrected chi connectivity index (χ0v) is 16.1. The van der Waals surface area contributed by atoms with Crippen molar-refractivity contribution in [3.63, 3.8) is 0 Å². The van der Waals surface area contributed by atoms with Crippen molar-refractivity contribution in [2.24, 2.45) is 5.92 Å². The Morgan fingerprint density at radius 1 is 1.11 bits per heavy atom. The van der Waals surface area contributed by atoms with Crippen molar-refractivity contribution >= 4 is 34.8 Å². The van der Waals surface area contributed by atoms with Crippen molar-refractivity contribution in [2.45, 2.75) is 26.7 Å². The van der Waals surface area contributed by atoms with Crippen molar-refractivity contribution < 1.29 is 19.5 Å². The van der Waals surface area contributed by atoms with Crippen LogP contribution in [0.5, 0.6) is 0 Å². The zero-order chi connectivity index (χ0) is 19.6. The third-order valence-corrected chi connectivity index (χ3v) is 5.90. The standard InChI is InChI=1S/C20H22N2O4S/c1-12-7-9-22(10-8-12)19(24)14-3-4-15(13(2)11-14)21-18(23)16-5-6-17(27-16)20(25)26/h3-6,11-12H,7-10H2,1-2H3,(H,21,23)(H,25,26). The molecule has 1 aliphatic rings. The first-order valence-corrected chi connectivity index (χ1v) is 9.71. The number of benzene rings is 1. The van der Waals surface area contributed by atoms with E-state index in [1.165, 1.54) is 12.1 Å². The number of nitrogens with zero attached hydrogens (tertiary/aromatic N) is 1. The quantitative estimate of drug-likeness (QED) is 0.835. The molecule has 0 saturated carbocycles. The van der Waals surface area contributed by atoms with E-state index in [0.29, 0.717) is 22.0 Å². The SMILES string of the molecule is Cc1cc(C(=O)N2CCC(C)CC2)ccc1NC(=O)c1ccc(C(=O)O)s1. The smallest absolute Gasteiger partial charge is 0.345 e. The number of carbonyl (C=O) groups excluding carboxylic acids is 2. The van der Waals surface area contributed by atoms with Gasteiger partial charge in [-0.15, -0.1) is 11.3 Å². The summed E-state index contributed by atoms with van der Waals surface area (Å²) < 4.78 is 0. The number of rotatable bonds is 4. The van der Waals surface area contributed by atoms with Gasteiger partial charge in [-0.2, -0.15) is 0 Å². The largest absolute Gasteiger partial charge is 0.477 e. The molecule has 1 aliphatic heterocycles. The lowest BCUT2D eigenvalue weighted by Gasteiger charge is -2.30. The van der Waals surface area contributed by atoms with Gasteiger partial charge in [0.05, 0.1) is 4.88 Å². The van der Waals surface area contributed by atoms with E-state index in [4.69, 9.17) is 5.11 Å². The van der Waals surface area contributed by atoms with Crippen LogP contribution in [0.25, 0.3) is 0 Å². The van der Waals surface area contributed by atoms with E-state index >= 15 is 0 Å². The summed E-state index contributed by atoms with van der Waals surface area (Å²) in [6, 6.07) is 8.13. The van der Waals surface area contributed by atoms with Crippen LogP contribution in [0.3, 0.4) is 0 Å². The second-order valence-electron chi connectivity index (χ2n) is 6.93. The van der Waals surface area contributed by atoms with Gasteiger partial charge in [0.2, 0.25) is 0 Å². The molecule has 0 aliphatic carbocycles. The number of carboxylic acids is 1. The summed E-state index contributed by atoms with van der Waals surface area (Å²) >= 11 is 0.929. The van der Waals surface area contributed by atoms with Crippen LogP contribution in [0, 0.1) is 12.8 Å². The summed E-state index contributed by atoms with van der Waals surface area (Å²) in [5.41, 5.74) is 2.01. The number of anilines is 1. The minimum atomic E-state index is -1.05. The minimum absolute atomic E-state index is 0.0206. The van der Waals surface area contributed by atoms with Crippen LogP contribution in [0.2, 0.25) is 0 Å². The molecule has 2 aromatic rings. The Labute approximate surface area is 161 Å². The molecule has 2 amide bonds. The summed E-state index contributed by atoms with van der Waals surface area (Å²) in [6.45, 7) is 5.60. The molecule has 1 aromatic carbocycles. The highest BCUT2D eigenvalue weighted by molar-refractivity contribution is 7.15. The Morgan fingerprint density at radius 3 is 2.37 bits per heavy atom. The Balaban J connectivity index is 1.69. The summed E-state index contributed by atoms with van der Waals surface area (Å²) in [4.78, 5) is 38.3. The van der Waals surface area contributed by atoms with Gasteiger partial charge >= 0.3 is 5.97 Å². The lowest BCUT2D eigenvalue weighted by atomic mass is 9.98. The third kappa shape index (κ3) is 4.36. The topological polar surface area (TPSA) is 86.7 Å². The summed E-state index contributed by atoms with van der Waals surface area (Å²) in [5.74, 6) is -0.732. The molecular weight excluding hydrogens is 364 g/mol. The maximum Gasteiger partial charge on any atom is 0.345 e. The van der Waals surface area contributed by atoms with Crippen LogP contribution < -0.4 is 5.32 Å². The van der Waals surface area contributed by atoms with Crippen molar-refractivity contribution in [3.05, 3.63) is 51.2 Å². The Morgan fingerprint density at radius 2 is 1.78 bits per heavy atom. The number of carboxylic acid groups (broad SMARTS) is 1. The number of nitrogens with one attached hydrogen (secondary N) is 1. The molecule has 7 heteroatoms. The van der Waals surface area contributed by atoms with Gasteiger partial charge in [0, 0.05) is 24.3 Å². The molecule has 0 atom stereocenters. The average molecular weight is 386 g/mol. The number of thiophene rings is 1. The molecule has 1 saturated heterocycles. The van der Waals surface area contributed by atoms with E-state index < -0.39 is 5.97 Å². The summed E-state index contributed by atoms with van der Waals surface area (Å²) in [5, 5.41) is 11.7. The number of likely N-dealkylation sites (tertiary alicyclic amines) is 1. The van der Waals surface area contributed by atoms with E-state index in [9.17, 15) is 14.4 Å². The summed E-state index contributed by atoms with van der Waals surface area (Å²) in [6.07, 6.45) is 2.05. The molecule has 142 valence electrons. The highest BCUT2D eigenvalue weighted by Gasteiger charge is 2.22. The first kappa shape index (κ1) is 19.1. The Hall–Kier alpha value is -2.67. The van der Waals surface area contributed by atoms with Gasteiger partial charge in [-0.25, -0.2) is 4.79 Å². The van der Waals surface area contributed by atoms with Crippen LogP contribution in [-0.2, 0) is 0 Å². The van der Waals surface area contributed by atoms with Gasteiger partial charge in [-0.3, -0.25) is 9.59 Å². The van der Waals surface area contributed by atoms with Crippen LogP contribution in [0.15, 0.2) is 30.3 Å². The van der Waals surface area contributed by atoms with E-state index in [1.54, 1.807) is 18.2 Å². The van der Waals surface area contributed by atoms with Gasteiger partial charge in [0.1, 0.15) is 4.88 Å².